The highest BCUT2D eigenvalue weighted by Crippen LogP contribution is 2.36. The van der Waals surface area contributed by atoms with Gasteiger partial charge in [0.05, 0.1) is 13.2 Å². The van der Waals surface area contributed by atoms with E-state index in [0.717, 1.165) is 0 Å². The fraction of sp³-hybridized carbons (Fsp3) is 0.478. The van der Waals surface area contributed by atoms with Crippen molar-refractivity contribution in [1.82, 2.24) is 8.61 Å². The standard InChI is InChI=1S/C23H30Cl2N2O6S2/c1-6-32-20-10-15(3)18(24)12-22(20)34(28,29)26-8-9-27(17(5)14-26)35(30,31)23-13-19(25)16(4)11-21(23)33-7-2/h10-13,17H,6-9,14H2,1-5H3/t17-/m1/s1. The van der Waals surface area contributed by atoms with Gasteiger partial charge < -0.3 is 9.47 Å². The first-order valence-electron chi connectivity index (χ1n) is 11.2. The second-order valence-electron chi connectivity index (χ2n) is 8.29. The van der Waals surface area contributed by atoms with Gasteiger partial charge in [-0.3, -0.25) is 0 Å². The second-order valence-corrected chi connectivity index (χ2v) is 12.9. The highest BCUT2D eigenvalue weighted by molar-refractivity contribution is 7.89. The maximum atomic E-state index is 13.6. The smallest absolute Gasteiger partial charge is 0.247 e. The maximum Gasteiger partial charge on any atom is 0.247 e. The first-order valence-corrected chi connectivity index (χ1v) is 14.9. The first kappa shape index (κ1) is 28.0. The van der Waals surface area contributed by atoms with Crippen LogP contribution in [0.2, 0.25) is 10.0 Å². The highest BCUT2D eigenvalue weighted by atomic mass is 35.5. The van der Waals surface area contributed by atoms with Crippen LogP contribution in [-0.2, 0) is 20.0 Å². The van der Waals surface area contributed by atoms with Gasteiger partial charge in [0.25, 0.3) is 0 Å². The summed E-state index contributed by atoms with van der Waals surface area (Å²) in [6.07, 6.45) is 0. The molecule has 1 saturated heterocycles. The summed E-state index contributed by atoms with van der Waals surface area (Å²) >= 11 is 12.5. The van der Waals surface area contributed by atoms with Crippen LogP contribution in [0.3, 0.4) is 0 Å². The number of hydrogen-bond acceptors (Lipinski definition) is 6. The fourth-order valence-corrected chi connectivity index (χ4v) is 7.82. The Hall–Kier alpha value is -1.56. The average molecular weight is 566 g/mol. The van der Waals surface area contributed by atoms with Gasteiger partial charge in [-0.05, 0) is 70.0 Å². The van der Waals surface area contributed by atoms with Crippen LogP contribution in [0.5, 0.6) is 11.5 Å². The molecular weight excluding hydrogens is 535 g/mol. The molecule has 0 N–H and O–H groups in total. The number of aryl methyl sites for hydroxylation is 2. The summed E-state index contributed by atoms with van der Waals surface area (Å²) in [6, 6.07) is 5.32. The fourth-order valence-electron chi connectivity index (χ4n) is 3.96. The lowest BCUT2D eigenvalue weighted by Gasteiger charge is -2.38. The van der Waals surface area contributed by atoms with E-state index in [9.17, 15) is 16.8 Å². The number of hydrogen-bond donors (Lipinski definition) is 0. The molecule has 3 rings (SSSR count). The van der Waals surface area contributed by atoms with Crippen LogP contribution in [0.4, 0.5) is 0 Å². The molecule has 0 bridgehead atoms. The molecule has 2 aromatic carbocycles. The Morgan fingerprint density at radius 2 is 1.29 bits per heavy atom. The first-order chi connectivity index (χ1) is 16.3. The summed E-state index contributed by atoms with van der Waals surface area (Å²) in [4.78, 5) is -0.0792. The molecule has 2 aromatic rings. The van der Waals surface area contributed by atoms with Gasteiger partial charge in [-0.1, -0.05) is 23.2 Å². The van der Waals surface area contributed by atoms with Crippen molar-refractivity contribution >= 4 is 43.2 Å². The predicted octanol–water partition coefficient (Wildman–Crippen LogP) is 4.49. The Labute approximate surface area is 217 Å². The molecule has 0 spiro atoms. The van der Waals surface area contributed by atoms with Crippen molar-refractivity contribution in [2.75, 3.05) is 32.8 Å². The molecule has 1 aliphatic heterocycles. The van der Waals surface area contributed by atoms with E-state index in [2.05, 4.69) is 0 Å². The highest BCUT2D eigenvalue weighted by Gasteiger charge is 2.40. The Bertz CT molecular complexity index is 1320. The molecule has 0 unspecified atom stereocenters. The van der Waals surface area contributed by atoms with Crippen molar-refractivity contribution < 1.29 is 26.3 Å². The topological polar surface area (TPSA) is 93.2 Å². The molecule has 1 fully saturated rings. The van der Waals surface area contributed by atoms with E-state index < -0.39 is 26.1 Å². The van der Waals surface area contributed by atoms with Crippen LogP contribution < -0.4 is 9.47 Å². The van der Waals surface area contributed by atoms with Crippen molar-refractivity contribution in [2.24, 2.45) is 0 Å². The third kappa shape index (κ3) is 5.57. The predicted molar refractivity (Wildman–Crippen MR) is 137 cm³/mol. The molecule has 0 aromatic heterocycles. The third-order valence-corrected chi connectivity index (χ3v) is 10.5. The van der Waals surface area contributed by atoms with Crippen LogP contribution in [-0.4, -0.2) is 64.3 Å². The summed E-state index contributed by atoms with van der Waals surface area (Å²) in [5.74, 6) is 0.431. The maximum absolute atomic E-state index is 13.6. The number of ether oxygens (including phenoxy) is 2. The van der Waals surface area contributed by atoms with Gasteiger partial charge in [0.2, 0.25) is 20.0 Å². The SMILES string of the molecule is CCOc1cc(C)c(Cl)cc1S(=O)(=O)N1CCN(S(=O)(=O)c2cc(Cl)c(C)cc2OCC)[C@H](C)C1. The van der Waals surface area contributed by atoms with E-state index in [1.54, 1.807) is 46.8 Å². The Balaban J connectivity index is 1.93. The number of halogens is 2. The quantitative estimate of drug-likeness (QED) is 0.468. The number of benzene rings is 2. The zero-order valence-electron chi connectivity index (χ0n) is 20.3. The van der Waals surface area contributed by atoms with Gasteiger partial charge in [-0.15, -0.1) is 0 Å². The molecule has 0 aliphatic carbocycles. The van der Waals surface area contributed by atoms with Gasteiger partial charge in [-0.25, -0.2) is 16.8 Å². The summed E-state index contributed by atoms with van der Waals surface area (Å²) in [5, 5.41) is 0.613. The summed E-state index contributed by atoms with van der Waals surface area (Å²) < 4.78 is 67.9. The number of nitrogens with zero attached hydrogens (tertiary/aromatic N) is 2. The second kappa shape index (κ2) is 10.8. The molecular formula is C23H30Cl2N2O6S2. The van der Waals surface area contributed by atoms with Crippen molar-refractivity contribution in [1.29, 1.82) is 0 Å². The third-order valence-electron chi connectivity index (χ3n) is 5.78. The summed E-state index contributed by atoms with van der Waals surface area (Å²) in [6.45, 7) is 9.18. The zero-order valence-corrected chi connectivity index (χ0v) is 23.5. The van der Waals surface area contributed by atoms with Crippen molar-refractivity contribution in [3.05, 3.63) is 45.4 Å². The molecule has 194 valence electrons. The lowest BCUT2D eigenvalue weighted by molar-refractivity contribution is 0.211. The zero-order chi connectivity index (χ0) is 26.1. The van der Waals surface area contributed by atoms with E-state index in [0.29, 0.717) is 21.2 Å². The van der Waals surface area contributed by atoms with E-state index in [1.165, 1.54) is 20.7 Å². The van der Waals surface area contributed by atoms with Gasteiger partial charge in [0.1, 0.15) is 21.3 Å². The largest absolute Gasteiger partial charge is 0.492 e. The lowest BCUT2D eigenvalue weighted by Crippen LogP contribution is -2.55. The van der Waals surface area contributed by atoms with Gasteiger partial charge in [0, 0.05) is 35.7 Å². The summed E-state index contributed by atoms with van der Waals surface area (Å²) in [5.41, 5.74) is 1.39. The Morgan fingerprint density at radius 1 is 0.829 bits per heavy atom. The average Bonchev–Trinajstić information content (AvgIpc) is 2.78. The molecule has 0 radical (unpaired) electrons. The molecule has 12 heteroatoms. The van der Waals surface area contributed by atoms with E-state index >= 15 is 0 Å². The Morgan fingerprint density at radius 3 is 1.71 bits per heavy atom. The molecule has 1 aliphatic rings. The minimum absolute atomic E-state index is 0.0352. The monoisotopic (exact) mass is 564 g/mol. The van der Waals surface area contributed by atoms with Crippen molar-refractivity contribution in [2.45, 2.75) is 50.5 Å². The molecule has 35 heavy (non-hydrogen) atoms. The number of piperazine rings is 1. The van der Waals surface area contributed by atoms with Crippen LogP contribution in [0, 0.1) is 13.8 Å². The minimum atomic E-state index is -4.01. The minimum Gasteiger partial charge on any atom is -0.492 e. The molecule has 0 amide bonds. The van der Waals surface area contributed by atoms with Crippen LogP contribution in [0.15, 0.2) is 34.1 Å². The van der Waals surface area contributed by atoms with Gasteiger partial charge in [-0.2, -0.15) is 8.61 Å². The van der Waals surface area contributed by atoms with Gasteiger partial charge in [0.15, 0.2) is 0 Å². The lowest BCUT2D eigenvalue weighted by atomic mass is 10.2. The molecule has 1 heterocycles. The van der Waals surface area contributed by atoms with E-state index in [1.807, 2.05) is 0 Å². The summed E-state index contributed by atoms with van der Waals surface area (Å²) in [7, 11) is -8.00. The van der Waals surface area contributed by atoms with E-state index in [4.69, 9.17) is 32.7 Å². The molecule has 0 saturated carbocycles. The van der Waals surface area contributed by atoms with E-state index in [-0.39, 0.29) is 54.1 Å². The van der Waals surface area contributed by atoms with Crippen LogP contribution >= 0.6 is 23.2 Å². The normalized spacial score (nSPS) is 18.0. The van der Waals surface area contributed by atoms with Gasteiger partial charge >= 0.3 is 0 Å². The molecule has 1 atom stereocenters. The molecule has 8 nitrogen and oxygen atoms in total. The van der Waals surface area contributed by atoms with Crippen LogP contribution in [0.1, 0.15) is 31.9 Å². The number of sulfonamides is 2. The Kier molecular flexibility index (Phi) is 8.66. The number of rotatable bonds is 8. The van der Waals surface area contributed by atoms with Crippen molar-refractivity contribution in [3.8, 4) is 11.5 Å². The van der Waals surface area contributed by atoms with Crippen molar-refractivity contribution in [3.63, 3.8) is 0 Å². The van der Waals surface area contributed by atoms with Crippen LogP contribution in [0.25, 0.3) is 0 Å².